The van der Waals surface area contributed by atoms with Crippen LogP contribution in [0.3, 0.4) is 0 Å². The molecule has 2 N–H and O–H groups in total. The summed E-state index contributed by atoms with van der Waals surface area (Å²) >= 11 is 0. The Balaban J connectivity index is 1.41. The zero-order chi connectivity index (χ0) is 24.0. The molecule has 184 valence electrons. The monoisotopic (exact) mass is 472 g/mol. The highest BCUT2D eigenvalue weighted by Gasteiger charge is 2.24. The molecule has 0 bridgehead atoms. The molecule has 2 aromatic carbocycles. The summed E-state index contributed by atoms with van der Waals surface area (Å²) in [6, 6.07) is 17.2. The average molecular weight is 473 g/mol. The number of hydrogen-bond donors (Lipinski definition) is 2. The summed E-state index contributed by atoms with van der Waals surface area (Å²) in [5.41, 5.74) is 8.16. The van der Waals surface area contributed by atoms with Gasteiger partial charge in [-0.05, 0) is 73.8 Å². The van der Waals surface area contributed by atoms with Crippen LogP contribution in [0.4, 0.5) is 0 Å². The van der Waals surface area contributed by atoms with Gasteiger partial charge in [0.25, 0.3) is 5.91 Å². The van der Waals surface area contributed by atoms with Crippen molar-refractivity contribution >= 4 is 22.9 Å². The second kappa shape index (κ2) is 11.2. The van der Waals surface area contributed by atoms with Crippen LogP contribution in [0.25, 0.3) is 17.0 Å². The van der Waals surface area contributed by atoms with Crippen LogP contribution in [0.15, 0.2) is 54.6 Å². The summed E-state index contributed by atoms with van der Waals surface area (Å²) in [5, 5.41) is 10.1. The maximum Gasteiger partial charge on any atom is 0.267 e. The fraction of sp³-hybridized carbons (Fsp3) is 0.414. The number of aryl methyl sites for hydroxylation is 1. The predicted octanol–water partition coefficient (Wildman–Crippen LogP) is 4.59. The van der Waals surface area contributed by atoms with Crippen molar-refractivity contribution in [2.45, 2.75) is 51.7 Å². The zero-order valence-electron chi connectivity index (χ0n) is 20.5. The zero-order valence-corrected chi connectivity index (χ0v) is 20.5. The van der Waals surface area contributed by atoms with E-state index in [0.29, 0.717) is 0 Å². The smallest absolute Gasteiger partial charge is 0.267 e. The van der Waals surface area contributed by atoms with E-state index in [0.717, 1.165) is 38.2 Å². The fourth-order valence-electron chi connectivity index (χ4n) is 5.70. The van der Waals surface area contributed by atoms with E-state index in [-0.39, 0.29) is 0 Å². The molecule has 6 nitrogen and oxygen atoms in total. The third-order valence-corrected chi connectivity index (χ3v) is 7.45. The SMILES string of the molecule is O=C(/C=C/c1ccc2c(c1)c1c(n2CCCN2CCCCC2)CCN(Cc2ccccc2)C1)NO. The molecule has 3 aromatic rings. The lowest BCUT2D eigenvalue weighted by atomic mass is 10.0. The van der Waals surface area contributed by atoms with Crippen LogP contribution < -0.4 is 5.48 Å². The van der Waals surface area contributed by atoms with Crippen LogP contribution in [0.5, 0.6) is 0 Å². The Hall–Kier alpha value is -2.93. The number of fused-ring (bicyclic) bond motifs is 3. The van der Waals surface area contributed by atoms with Crippen molar-refractivity contribution in [3.05, 3.63) is 77.0 Å². The second-order valence-electron chi connectivity index (χ2n) is 9.86. The standard InChI is InChI=1S/C29H36N4O2/c34-29(30-35)13-11-23-10-12-27-25(20-23)26-22-32(21-24-8-3-1-4-9-24)19-14-28(26)33(27)18-7-17-31-15-5-2-6-16-31/h1,3-4,8-13,20,35H,2,5-7,14-19,21-22H2,(H,30,34)/b13-11+. The Labute approximate surface area is 207 Å². The van der Waals surface area contributed by atoms with Crippen molar-refractivity contribution in [2.24, 2.45) is 0 Å². The molecule has 1 aromatic heterocycles. The maximum atomic E-state index is 11.5. The molecule has 0 spiro atoms. The summed E-state index contributed by atoms with van der Waals surface area (Å²) in [4.78, 5) is 16.7. The molecule has 1 fully saturated rings. The van der Waals surface area contributed by atoms with Crippen LogP contribution in [-0.2, 0) is 30.8 Å². The van der Waals surface area contributed by atoms with Gasteiger partial charge in [0.05, 0.1) is 0 Å². The summed E-state index contributed by atoms with van der Waals surface area (Å²) < 4.78 is 2.56. The molecule has 2 aliphatic rings. The third-order valence-electron chi connectivity index (χ3n) is 7.45. The van der Waals surface area contributed by atoms with Gasteiger partial charge in [0.15, 0.2) is 0 Å². The Kier molecular flexibility index (Phi) is 7.62. The van der Waals surface area contributed by atoms with Crippen molar-refractivity contribution < 1.29 is 10.0 Å². The topological polar surface area (TPSA) is 60.7 Å². The van der Waals surface area contributed by atoms with E-state index in [2.05, 4.69) is 62.9 Å². The minimum absolute atomic E-state index is 0.517. The quantitative estimate of drug-likeness (QED) is 0.286. The lowest BCUT2D eigenvalue weighted by molar-refractivity contribution is -0.124. The number of amides is 1. The number of benzene rings is 2. The molecule has 0 atom stereocenters. The molecule has 35 heavy (non-hydrogen) atoms. The van der Waals surface area contributed by atoms with Gasteiger partial charge >= 0.3 is 0 Å². The highest BCUT2D eigenvalue weighted by Crippen LogP contribution is 2.33. The van der Waals surface area contributed by atoms with E-state index < -0.39 is 5.91 Å². The number of aromatic nitrogens is 1. The number of rotatable bonds is 8. The largest absolute Gasteiger partial charge is 0.344 e. The van der Waals surface area contributed by atoms with E-state index in [9.17, 15) is 4.79 Å². The van der Waals surface area contributed by atoms with Gasteiger partial charge in [-0.25, -0.2) is 5.48 Å². The van der Waals surface area contributed by atoms with Crippen molar-refractivity contribution in [3.63, 3.8) is 0 Å². The van der Waals surface area contributed by atoms with Gasteiger partial charge in [-0.3, -0.25) is 14.9 Å². The minimum Gasteiger partial charge on any atom is -0.344 e. The highest BCUT2D eigenvalue weighted by atomic mass is 16.5. The van der Waals surface area contributed by atoms with E-state index in [1.807, 2.05) is 0 Å². The average Bonchev–Trinajstić information content (AvgIpc) is 3.21. The molecule has 2 aliphatic heterocycles. The highest BCUT2D eigenvalue weighted by molar-refractivity contribution is 5.93. The first-order chi connectivity index (χ1) is 17.2. The Morgan fingerprint density at radius 1 is 0.971 bits per heavy atom. The van der Waals surface area contributed by atoms with E-state index in [1.165, 1.54) is 79.1 Å². The first-order valence-corrected chi connectivity index (χ1v) is 13.0. The number of likely N-dealkylation sites (tertiary alicyclic amines) is 1. The van der Waals surface area contributed by atoms with Gasteiger partial charge in [0.2, 0.25) is 0 Å². The first kappa shape index (κ1) is 23.8. The summed E-state index contributed by atoms with van der Waals surface area (Å²) in [5.74, 6) is -0.517. The molecule has 5 rings (SSSR count). The van der Waals surface area contributed by atoms with E-state index >= 15 is 0 Å². The van der Waals surface area contributed by atoms with Crippen LogP contribution >= 0.6 is 0 Å². The fourth-order valence-corrected chi connectivity index (χ4v) is 5.70. The van der Waals surface area contributed by atoms with Crippen LogP contribution in [0.1, 0.15) is 48.1 Å². The summed E-state index contributed by atoms with van der Waals surface area (Å²) in [7, 11) is 0. The molecule has 0 saturated carbocycles. The Morgan fingerprint density at radius 3 is 2.60 bits per heavy atom. The van der Waals surface area contributed by atoms with Gasteiger partial charge in [-0.1, -0.05) is 42.8 Å². The molecule has 1 amide bonds. The Morgan fingerprint density at radius 2 is 1.80 bits per heavy atom. The van der Waals surface area contributed by atoms with Crippen LogP contribution in [-0.4, -0.2) is 51.7 Å². The van der Waals surface area contributed by atoms with Gasteiger partial charge in [0, 0.05) is 55.3 Å². The molecular weight excluding hydrogens is 436 g/mol. The first-order valence-electron chi connectivity index (χ1n) is 13.0. The molecule has 3 heterocycles. The second-order valence-corrected chi connectivity index (χ2v) is 9.86. The van der Waals surface area contributed by atoms with Gasteiger partial charge in [0.1, 0.15) is 0 Å². The number of carbonyl (C=O) groups is 1. The van der Waals surface area contributed by atoms with Crippen molar-refractivity contribution in [3.8, 4) is 0 Å². The van der Waals surface area contributed by atoms with E-state index in [4.69, 9.17) is 5.21 Å². The van der Waals surface area contributed by atoms with Crippen molar-refractivity contribution in [1.29, 1.82) is 0 Å². The normalized spacial score (nSPS) is 17.2. The van der Waals surface area contributed by atoms with Gasteiger partial charge in [-0.15, -0.1) is 0 Å². The van der Waals surface area contributed by atoms with Gasteiger partial charge in [-0.2, -0.15) is 0 Å². The molecule has 6 heteroatoms. The molecule has 0 radical (unpaired) electrons. The van der Waals surface area contributed by atoms with Crippen LogP contribution in [0, 0.1) is 0 Å². The van der Waals surface area contributed by atoms with Gasteiger partial charge < -0.3 is 9.47 Å². The lowest BCUT2D eigenvalue weighted by Crippen LogP contribution is -2.32. The molecule has 1 saturated heterocycles. The molecular formula is C29H36N4O2. The van der Waals surface area contributed by atoms with E-state index in [1.54, 1.807) is 11.6 Å². The summed E-state index contributed by atoms with van der Waals surface area (Å²) in [6.07, 6.45) is 9.40. The lowest BCUT2D eigenvalue weighted by Gasteiger charge is -2.29. The number of hydroxylamine groups is 1. The Bertz CT molecular complexity index is 1180. The number of nitrogens with one attached hydrogen (secondary N) is 1. The number of piperidine rings is 1. The van der Waals surface area contributed by atoms with Crippen LogP contribution in [0.2, 0.25) is 0 Å². The number of hydrogen-bond acceptors (Lipinski definition) is 4. The number of carbonyl (C=O) groups excluding carboxylic acids is 1. The maximum absolute atomic E-state index is 11.5. The number of nitrogens with zero attached hydrogens (tertiary/aromatic N) is 3. The third kappa shape index (κ3) is 5.67. The van der Waals surface area contributed by atoms with Crippen molar-refractivity contribution in [2.75, 3.05) is 26.2 Å². The van der Waals surface area contributed by atoms with Crippen molar-refractivity contribution in [1.82, 2.24) is 19.8 Å². The molecule has 0 aliphatic carbocycles. The summed E-state index contributed by atoms with van der Waals surface area (Å²) in [6.45, 7) is 7.66. The minimum atomic E-state index is -0.517. The predicted molar refractivity (Wildman–Crippen MR) is 140 cm³/mol. The molecule has 0 unspecified atom stereocenters.